The fourth-order valence-electron chi connectivity index (χ4n) is 0.851. The number of halogens is 1. The molecule has 0 atom stereocenters. The first-order valence-corrected chi connectivity index (χ1v) is 3.57. The first-order chi connectivity index (χ1) is 4.29. The van der Waals surface area contributed by atoms with Gasteiger partial charge in [-0.15, -0.1) is 0 Å². The summed E-state index contributed by atoms with van der Waals surface area (Å²) in [6, 6.07) is 0. The molecule has 9 heavy (non-hydrogen) atoms. The second-order valence-corrected chi connectivity index (χ2v) is 2.72. The van der Waals surface area contributed by atoms with E-state index in [1.54, 1.807) is 0 Å². The van der Waals surface area contributed by atoms with Gasteiger partial charge in [-0.3, -0.25) is 4.79 Å². The topological polar surface area (TPSA) is 20.3 Å². The van der Waals surface area contributed by atoms with E-state index < -0.39 is 0 Å². The minimum Gasteiger partial charge on any atom is -0.303 e. The van der Waals surface area contributed by atoms with Gasteiger partial charge in [0.05, 0.1) is 0 Å². The Bertz CT molecular complexity index is 112. The van der Waals surface area contributed by atoms with Gasteiger partial charge in [-0.25, -0.2) is 0 Å². The maximum Gasteiger partial charge on any atom is 0.222 e. The molecule has 0 amide bonds. The van der Waals surface area contributed by atoms with Gasteiger partial charge in [-0.2, -0.15) is 0 Å². The van der Waals surface area contributed by atoms with Crippen LogP contribution in [0.15, 0.2) is 0 Å². The van der Waals surface area contributed by atoms with Crippen LogP contribution in [0.3, 0.4) is 0 Å². The van der Waals surface area contributed by atoms with Gasteiger partial charge in [0.15, 0.2) is 0 Å². The lowest BCUT2D eigenvalue weighted by atomic mass is 10.2. The maximum atomic E-state index is 10.2. The predicted molar refractivity (Wildman–Crippen MR) is 36.5 cm³/mol. The highest BCUT2D eigenvalue weighted by molar-refractivity contribution is 6.63. The minimum absolute atomic E-state index is 0.220. The smallest absolute Gasteiger partial charge is 0.222 e. The van der Waals surface area contributed by atoms with Crippen molar-refractivity contribution < 1.29 is 4.79 Å². The highest BCUT2D eigenvalue weighted by Crippen LogP contribution is 2.06. The van der Waals surface area contributed by atoms with Crippen LogP contribution in [0.1, 0.15) is 12.8 Å². The van der Waals surface area contributed by atoms with E-state index in [1.807, 2.05) is 0 Å². The van der Waals surface area contributed by atoms with Crippen LogP contribution in [0.25, 0.3) is 0 Å². The number of rotatable bonds is 3. The molecular weight excluding hydrogens is 138 g/mol. The number of carbonyl (C=O) groups is 1. The van der Waals surface area contributed by atoms with Crippen LogP contribution in [0, 0.1) is 0 Å². The van der Waals surface area contributed by atoms with E-state index in [1.165, 1.54) is 6.42 Å². The zero-order valence-electron chi connectivity index (χ0n) is 5.27. The van der Waals surface area contributed by atoms with Crippen LogP contribution in [-0.2, 0) is 4.79 Å². The standard InChI is InChI=1S/C6H10ClNO/c7-6(9)2-5-8-3-1-4-8/h1-5H2. The monoisotopic (exact) mass is 147 g/mol. The number of hydrogen-bond donors (Lipinski definition) is 0. The summed E-state index contributed by atoms with van der Waals surface area (Å²) in [5, 5.41) is -0.220. The zero-order valence-corrected chi connectivity index (χ0v) is 6.02. The third-order valence-corrected chi connectivity index (χ3v) is 1.76. The van der Waals surface area contributed by atoms with Crippen molar-refractivity contribution >= 4 is 16.8 Å². The molecule has 1 heterocycles. The van der Waals surface area contributed by atoms with Crippen LogP contribution in [0.5, 0.6) is 0 Å². The molecule has 1 rings (SSSR count). The van der Waals surface area contributed by atoms with E-state index in [-0.39, 0.29) is 5.24 Å². The average Bonchev–Trinajstić information content (AvgIpc) is 1.60. The summed E-state index contributed by atoms with van der Waals surface area (Å²) in [5.74, 6) is 0. The van der Waals surface area contributed by atoms with Gasteiger partial charge < -0.3 is 4.90 Å². The van der Waals surface area contributed by atoms with E-state index in [0.717, 1.165) is 19.6 Å². The third-order valence-electron chi connectivity index (χ3n) is 1.57. The molecular formula is C6H10ClNO. The van der Waals surface area contributed by atoms with E-state index in [0.29, 0.717) is 6.42 Å². The molecule has 1 saturated heterocycles. The van der Waals surface area contributed by atoms with Gasteiger partial charge in [0.2, 0.25) is 5.24 Å². The van der Waals surface area contributed by atoms with Crippen molar-refractivity contribution in [2.45, 2.75) is 12.8 Å². The van der Waals surface area contributed by atoms with E-state index in [4.69, 9.17) is 11.6 Å². The number of carbonyl (C=O) groups excluding carboxylic acids is 1. The van der Waals surface area contributed by atoms with Crippen molar-refractivity contribution in [2.75, 3.05) is 19.6 Å². The van der Waals surface area contributed by atoms with Crippen molar-refractivity contribution in [3.63, 3.8) is 0 Å². The Hall–Kier alpha value is -0.0800. The second kappa shape index (κ2) is 3.18. The minimum atomic E-state index is -0.220. The Morgan fingerprint density at radius 1 is 1.56 bits per heavy atom. The Morgan fingerprint density at radius 2 is 2.22 bits per heavy atom. The summed E-state index contributed by atoms with van der Waals surface area (Å²) in [7, 11) is 0. The zero-order chi connectivity index (χ0) is 6.69. The van der Waals surface area contributed by atoms with Crippen molar-refractivity contribution in [1.29, 1.82) is 0 Å². The van der Waals surface area contributed by atoms with Crippen molar-refractivity contribution in [2.24, 2.45) is 0 Å². The molecule has 52 valence electrons. The molecule has 1 aliphatic rings. The Labute approximate surface area is 59.8 Å². The quantitative estimate of drug-likeness (QED) is 0.552. The molecule has 0 aromatic heterocycles. The van der Waals surface area contributed by atoms with Gasteiger partial charge in [-0.05, 0) is 31.1 Å². The second-order valence-electron chi connectivity index (χ2n) is 2.30. The third kappa shape index (κ3) is 2.33. The Balaban J connectivity index is 1.97. The number of likely N-dealkylation sites (tertiary alicyclic amines) is 1. The predicted octanol–water partition coefficient (Wildman–Crippen LogP) is 0.848. The average molecular weight is 148 g/mol. The molecule has 0 saturated carbocycles. The van der Waals surface area contributed by atoms with Gasteiger partial charge in [0.25, 0.3) is 0 Å². The van der Waals surface area contributed by atoms with Crippen LogP contribution < -0.4 is 0 Å². The van der Waals surface area contributed by atoms with Crippen LogP contribution in [0.4, 0.5) is 0 Å². The van der Waals surface area contributed by atoms with Gasteiger partial charge >= 0.3 is 0 Å². The molecule has 0 N–H and O–H groups in total. The van der Waals surface area contributed by atoms with Crippen molar-refractivity contribution in [1.82, 2.24) is 4.90 Å². The molecule has 0 bridgehead atoms. The van der Waals surface area contributed by atoms with Crippen LogP contribution >= 0.6 is 11.6 Å². The van der Waals surface area contributed by atoms with Crippen LogP contribution in [0.2, 0.25) is 0 Å². The van der Waals surface area contributed by atoms with E-state index in [2.05, 4.69) is 4.90 Å². The largest absolute Gasteiger partial charge is 0.303 e. The summed E-state index contributed by atoms with van der Waals surface area (Å²) in [6.45, 7) is 3.14. The molecule has 0 aromatic carbocycles. The first-order valence-electron chi connectivity index (χ1n) is 3.20. The van der Waals surface area contributed by atoms with E-state index in [9.17, 15) is 4.79 Å². The molecule has 0 radical (unpaired) electrons. The molecule has 0 spiro atoms. The van der Waals surface area contributed by atoms with Gasteiger partial charge in [-0.1, -0.05) is 0 Å². The lowest BCUT2D eigenvalue weighted by Gasteiger charge is -2.29. The molecule has 0 aliphatic carbocycles. The summed E-state index contributed by atoms with van der Waals surface area (Å²) in [5.41, 5.74) is 0. The SMILES string of the molecule is O=C(Cl)CCN1CCC1. The van der Waals surface area contributed by atoms with Crippen LogP contribution in [-0.4, -0.2) is 29.8 Å². The number of nitrogens with zero attached hydrogens (tertiary/aromatic N) is 1. The summed E-state index contributed by atoms with van der Waals surface area (Å²) >= 11 is 5.14. The fourth-order valence-corrected chi connectivity index (χ4v) is 0.936. The van der Waals surface area contributed by atoms with E-state index >= 15 is 0 Å². The van der Waals surface area contributed by atoms with Gasteiger partial charge in [0.1, 0.15) is 0 Å². The molecule has 0 aromatic rings. The van der Waals surface area contributed by atoms with Crippen molar-refractivity contribution in [3.8, 4) is 0 Å². The molecule has 0 unspecified atom stereocenters. The lowest BCUT2D eigenvalue weighted by molar-refractivity contribution is -0.112. The first kappa shape index (κ1) is 7.03. The molecule has 1 aliphatic heterocycles. The molecule has 3 heteroatoms. The Morgan fingerprint density at radius 3 is 2.56 bits per heavy atom. The normalized spacial score (nSPS) is 19.2. The highest BCUT2D eigenvalue weighted by atomic mass is 35.5. The highest BCUT2D eigenvalue weighted by Gasteiger charge is 2.13. The number of hydrogen-bond acceptors (Lipinski definition) is 2. The molecule has 2 nitrogen and oxygen atoms in total. The van der Waals surface area contributed by atoms with Crippen molar-refractivity contribution in [3.05, 3.63) is 0 Å². The molecule has 1 fully saturated rings. The lowest BCUT2D eigenvalue weighted by Crippen LogP contribution is -2.38. The maximum absolute atomic E-state index is 10.2. The summed E-state index contributed by atoms with van der Waals surface area (Å²) < 4.78 is 0. The summed E-state index contributed by atoms with van der Waals surface area (Å²) in [6.07, 6.45) is 1.78. The fraction of sp³-hybridized carbons (Fsp3) is 0.833. The van der Waals surface area contributed by atoms with Gasteiger partial charge in [0, 0.05) is 13.0 Å². The Kier molecular flexibility index (Phi) is 2.49. The summed E-state index contributed by atoms with van der Waals surface area (Å²) in [4.78, 5) is 12.4.